The van der Waals surface area contributed by atoms with Crippen LogP contribution in [0.25, 0.3) is 0 Å². The van der Waals surface area contributed by atoms with E-state index in [1.165, 1.54) is 87.7 Å². The van der Waals surface area contributed by atoms with Gasteiger partial charge >= 0.3 is 5.97 Å². The number of carbonyl (C=O) groups is 12. The standard InChI is InChI=1S/C62H111N11O12.C12H16ClNO3.ClH/c1-25-27-28-40(15)52(75)51-56(79)65-43(26-2)58(81)67(18)33-48(74)68(19)44(29-34(3)4)55(78)66-49(38(11)12)61(84)69(20)45(30-35(5)6)54(77)63-41(16)53(76)64-42(17)57(80)70(21)46(31-36(7)8)59(82)71(22)47(32-37(9)10)60(83)72(23)50(39(13)14)62(85)73(51)24;1-14(2)7-8-16-12(15)9-17-11-5-3-10(13)4-6-11;/h25,27,34-47,49-52,75H,26,28-33H2,1-24H3,(H,63,77)(H,64,76)(H,65,79)(H,66,78);3-6H,7-9H2,1-2H3;1H. The third-order valence-electron chi connectivity index (χ3n) is 18.0. The number of aliphatic hydroxyl groups is 1. The third-order valence-corrected chi connectivity index (χ3v) is 18.3. The molecule has 0 aliphatic carbocycles. The zero-order valence-corrected chi connectivity index (χ0v) is 68.0. The maximum absolute atomic E-state index is 15.1. The number of nitrogens with zero attached hydrogens (tertiary/aromatic N) is 8. The summed E-state index contributed by atoms with van der Waals surface area (Å²) in [4.78, 5) is 182. The van der Waals surface area contributed by atoms with Gasteiger partial charge in [-0.3, -0.25) is 52.7 Å². The van der Waals surface area contributed by atoms with E-state index in [4.69, 9.17) is 21.1 Å². The number of hydrogen-bond donors (Lipinski definition) is 5. The summed E-state index contributed by atoms with van der Waals surface area (Å²) in [6.45, 7) is 30.3. The largest absolute Gasteiger partial charge is 0.482 e. The lowest BCUT2D eigenvalue weighted by molar-refractivity contribution is -0.157. The van der Waals surface area contributed by atoms with Crippen LogP contribution in [0, 0.1) is 41.4 Å². The van der Waals surface area contributed by atoms with E-state index in [1.54, 1.807) is 78.8 Å². The molecule has 1 aliphatic rings. The van der Waals surface area contributed by atoms with Crippen molar-refractivity contribution in [3.8, 4) is 5.75 Å². The molecule has 5 N–H and O–H groups in total. The highest BCUT2D eigenvalue weighted by molar-refractivity contribution is 6.30. The number of nitrogens with one attached hydrogen (secondary N) is 4. The zero-order valence-electron chi connectivity index (χ0n) is 66.5. The molecule has 0 radical (unpaired) electrons. The van der Waals surface area contributed by atoms with Gasteiger partial charge in [-0.25, -0.2) is 4.79 Å². The van der Waals surface area contributed by atoms with Crippen molar-refractivity contribution >= 4 is 95.0 Å². The highest BCUT2D eigenvalue weighted by Gasteiger charge is 2.46. The van der Waals surface area contributed by atoms with Crippen molar-refractivity contribution in [2.24, 2.45) is 41.4 Å². The van der Waals surface area contributed by atoms with Gasteiger partial charge in [0.2, 0.25) is 65.0 Å². The Bertz CT molecular complexity index is 2950. The fraction of sp³-hybridized carbons (Fsp3) is 0.730. The molecule has 0 bridgehead atoms. The average molecular weight is 1500 g/mol. The van der Waals surface area contributed by atoms with Gasteiger partial charge in [-0.2, -0.15) is 0 Å². The average Bonchev–Trinajstić information content (AvgIpc) is 0.804. The molecular weight excluding hydrogens is 1370 g/mol. The molecule has 11 amide bonds. The lowest BCUT2D eigenvalue weighted by Gasteiger charge is -2.41. The molecule has 29 heteroatoms. The molecule has 12 unspecified atom stereocenters. The molecule has 1 aromatic rings. The second-order valence-corrected chi connectivity index (χ2v) is 30.3. The number of ether oxygens (including phenoxy) is 2. The van der Waals surface area contributed by atoms with E-state index in [2.05, 4.69) is 21.3 Å². The summed E-state index contributed by atoms with van der Waals surface area (Å²) in [6.07, 6.45) is 3.04. The van der Waals surface area contributed by atoms with Crippen molar-refractivity contribution in [2.45, 2.75) is 223 Å². The van der Waals surface area contributed by atoms with Gasteiger partial charge in [0, 0.05) is 60.9 Å². The van der Waals surface area contributed by atoms with E-state index in [0.717, 1.165) is 9.80 Å². The minimum Gasteiger partial charge on any atom is -0.482 e. The van der Waals surface area contributed by atoms with Gasteiger partial charge in [-0.1, -0.05) is 121 Å². The fourth-order valence-corrected chi connectivity index (χ4v) is 11.9. The molecule has 1 saturated heterocycles. The van der Waals surface area contributed by atoms with Crippen LogP contribution in [0.15, 0.2) is 36.4 Å². The molecule has 0 aromatic heterocycles. The molecule has 12 atom stereocenters. The van der Waals surface area contributed by atoms with E-state index < -0.39 is 156 Å². The zero-order chi connectivity index (χ0) is 78.7. The van der Waals surface area contributed by atoms with Gasteiger partial charge in [0.05, 0.1) is 12.6 Å². The minimum absolute atomic E-state index is 0. The topological polar surface area (TPSA) is 318 Å². The van der Waals surface area contributed by atoms with Crippen LogP contribution < -0.4 is 26.0 Å². The number of allylic oxidation sites excluding steroid dienone is 2. The van der Waals surface area contributed by atoms with Crippen LogP contribution in [-0.4, -0.2) is 272 Å². The van der Waals surface area contributed by atoms with Crippen LogP contribution in [0.1, 0.15) is 156 Å². The van der Waals surface area contributed by atoms with E-state index in [-0.39, 0.29) is 80.8 Å². The van der Waals surface area contributed by atoms with Gasteiger partial charge in [-0.05, 0) is 139 Å². The number of amides is 11. The smallest absolute Gasteiger partial charge is 0.344 e. The van der Waals surface area contributed by atoms with Crippen LogP contribution in [0.3, 0.4) is 0 Å². The normalized spacial score (nSPS) is 23.9. The van der Waals surface area contributed by atoms with E-state index in [9.17, 15) is 53.1 Å². The SMILES string of the molecule is CC=CCC(C)C(O)C1C(=O)NC(CC)C(=O)N(C)CC(=O)N(C)C(CC(C)C)C(=O)NC(C(C)C)C(=O)N(C)C(CC(C)C)C(=O)NC(C)C(=O)NC(C)C(=O)N(C)C(CC(C)C)C(=O)N(C)C(CC(C)C)C(=O)N(C)C(C(C)C)C(=O)N1C.CN(C)CCOC(=O)COc1ccc(Cl)cc1.Cl. The first-order valence-corrected chi connectivity index (χ1v) is 36.2. The second-order valence-electron chi connectivity index (χ2n) is 29.9. The number of esters is 1. The van der Waals surface area contributed by atoms with Crippen molar-refractivity contribution in [1.29, 1.82) is 0 Å². The Kier molecular flexibility index (Phi) is 42.8. The lowest BCUT2D eigenvalue weighted by atomic mass is 9.91. The number of likely N-dealkylation sites (N-methyl/N-ethyl adjacent to an activating group) is 8. The molecule has 1 heterocycles. The van der Waals surface area contributed by atoms with Crippen molar-refractivity contribution in [3.63, 3.8) is 0 Å². The Morgan fingerprint density at radius 1 is 0.563 bits per heavy atom. The highest BCUT2D eigenvalue weighted by atomic mass is 35.5. The number of halogens is 2. The summed E-state index contributed by atoms with van der Waals surface area (Å²) >= 11 is 5.72. The quantitative estimate of drug-likeness (QED) is 0.0748. The van der Waals surface area contributed by atoms with Crippen LogP contribution in [0.2, 0.25) is 5.02 Å². The fourth-order valence-electron chi connectivity index (χ4n) is 11.7. The van der Waals surface area contributed by atoms with Crippen molar-refractivity contribution in [2.75, 3.05) is 89.7 Å². The summed E-state index contributed by atoms with van der Waals surface area (Å²) < 4.78 is 10.2. The molecule has 2 rings (SSSR count). The molecule has 0 saturated carbocycles. The molecular formula is C74H128Cl2N12O15. The summed E-state index contributed by atoms with van der Waals surface area (Å²) in [5, 5.41) is 23.7. The van der Waals surface area contributed by atoms with Crippen molar-refractivity contribution in [1.82, 2.24) is 60.5 Å². The molecule has 588 valence electrons. The Hall–Kier alpha value is -7.10. The summed E-state index contributed by atoms with van der Waals surface area (Å²) in [5.74, 6) is -9.48. The molecule has 0 spiro atoms. The Labute approximate surface area is 625 Å². The lowest BCUT2D eigenvalue weighted by Crippen LogP contribution is -2.63. The van der Waals surface area contributed by atoms with E-state index >= 15 is 9.59 Å². The molecule has 1 aliphatic heterocycles. The first-order chi connectivity index (χ1) is 47.3. The Morgan fingerprint density at radius 2 is 1.01 bits per heavy atom. The number of aliphatic hydroxyl groups excluding tert-OH is 1. The van der Waals surface area contributed by atoms with E-state index in [1.807, 2.05) is 80.5 Å². The predicted molar refractivity (Wildman–Crippen MR) is 402 cm³/mol. The first-order valence-electron chi connectivity index (χ1n) is 35.8. The van der Waals surface area contributed by atoms with Gasteiger partial charge in [0.25, 0.3) is 0 Å². The van der Waals surface area contributed by atoms with Crippen molar-refractivity contribution in [3.05, 3.63) is 41.4 Å². The third kappa shape index (κ3) is 30.5. The van der Waals surface area contributed by atoms with Crippen LogP contribution in [0.4, 0.5) is 0 Å². The number of carbonyl (C=O) groups excluding carboxylic acids is 12. The van der Waals surface area contributed by atoms with Gasteiger partial charge in [-0.15, -0.1) is 12.4 Å². The molecule has 1 fully saturated rings. The van der Waals surface area contributed by atoms with Gasteiger partial charge < -0.3 is 75.0 Å². The number of rotatable bonds is 21. The maximum Gasteiger partial charge on any atom is 0.344 e. The van der Waals surface area contributed by atoms with Crippen LogP contribution >= 0.6 is 24.0 Å². The molecule has 27 nitrogen and oxygen atoms in total. The first kappa shape index (κ1) is 95.9. The predicted octanol–water partition coefficient (Wildman–Crippen LogP) is 5.51. The van der Waals surface area contributed by atoms with Crippen LogP contribution in [0.5, 0.6) is 5.75 Å². The Balaban J connectivity index is 0.00000502. The summed E-state index contributed by atoms with van der Waals surface area (Å²) in [7, 11) is 13.7. The minimum atomic E-state index is -1.61. The Morgan fingerprint density at radius 3 is 1.48 bits per heavy atom. The number of hydrogen-bond acceptors (Lipinski definition) is 16. The number of benzene rings is 1. The second kappa shape index (κ2) is 46.0. The maximum atomic E-state index is 15.1. The summed E-state index contributed by atoms with van der Waals surface area (Å²) in [5.41, 5.74) is 0. The molecule has 103 heavy (non-hydrogen) atoms. The highest BCUT2D eigenvalue weighted by Crippen LogP contribution is 2.26. The summed E-state index contributed by atoms with van der Waals surface area (Å²) in [6, 6.07) is -5.51. The molecule has 1 aromatic carbocycles. The monoisotopic (exact) mass is 1490 g/mol. The van der Waals surface area contributed by atoms with Crippen molar-refractivity contribution < 1.29 is 72.1 Å². The van der Waals surface area contributed by atoms with Gasteiger partial charge in [0.15, 0.2) is 6.61 Å². The van der Waals surface area contributed by atoms with Gasteiger partial charge in [0.1, 0.15) is 72.8 Å². The van der Waals surface area contributed by atoms with Crippen LogP contribution in [-0.2, 0) is 62.3 Å². The van der Waals surface area contributed by atoms with E-state index in [0.29, 0.717) is 30.3 Å².